The molecule has 0 saturated carbocycles. The first-order chi connectivity index (χ1) is 13.3. The van der Waals surface area contributed by atoms with E-state index in [1.54, 1.807) is 38.1 Å². The number of halogens is 1. The van der Waals surface area contributed by atoms with E-state index in [0.717, 1.165) is 16.0 Å². The van der Waals surface area contributed by atoms with E-state index in [-0.39, 0.29) is 11.7 Å². The van der Waals surface area contributed by atoms with Gasteiger partial charge in [0.15, 0.2) is 0 Å². The van der Waals surface area contributed by atoms with Crippen molar-refractivity contribution in [3.05, 3.63) is 70.1 Å². The van der Waals surface area contributed by atoms with Gasteiger partial charge in [-0.15, -0.1) is 11.3 Å². The zero-order chi connectivity index (χ0) is 20.3. The maximum absolute atomic E-state index is 12.6. The quantitative estimate of drug-likeness (QED) is 0.546. The summed E-state index contributed by atoms with van der Waals surface area (Å²) < 4.78 is 26.0. The standard InChI is InChI=1S/C20H19ClN2O3S2/c1-3-28(25,26)23-17-9-8-16(12-13(17)2)22-20(24)19-11-10-18(27-19)14-4-6-15(21)7-5-14/h4-12,23H,3H2,1-2H3,(H,22,24). The third-order valence-corrected chi connectivity index (χ3v) is 6.76. The van der Waals surface area contributed by atoms with Gasteiger partial charge in [0.1, 0.15) is 0 Å². The molecule has 146 valence electrons. The van der Waals surface area contributed by atoms with Crippen molar-refractivity contribution in [2.24, 2.45) is 0 Å². The van der Waals surface area contributed by atoms with Crippen LogP contribution in [0.15, 0.2) is 54.6 Å². The molecule has 3 rings (SSSR count). The van der Waals surface area contributed by atoms with Crippen molar-refractivity contribution in [2.45, 2.75) is 13.8 Å². The lowest BCUT2D eigenvalue weighted by atomic mass is 10.2. The van der Waals surface area contributed by atoms with Crippen molar-refractivity contribution in [3.8, 4) is 10.4 Å². The minimum Gasteiger partial charge on any atom is -0.321 e. The van der Waals surface area contributed by atoms with Crippen LogP contribution in [-0.4, -0.2) is 20.1 Å². The van der Waals surface area contributed by atoms with Gasteiger partial charge in [-0.05, 0) is 67.4 Å². The van der Waals surface area contributed by atoms with Crippen molar-refractivity contribution < 1.29 is 13.2 Å². The van der Waals surface area contributed by atoms with E-state index < -0.39 is 10.0 Å². The van der Waals surface area contributed by atoms with Crippen LogP contribution in [0, 0.1) is 6.92 Å². The van der Waals surface area contributed by atoms with Crippen LogP contribution in [0.2, 0.25) is 5.02 Å². The van der Waals surface area contributed by atoms with E-state index in [1.165, 1.54) is 11.3 Å². The van der Waals surface area contributed by atoms with Crippen LogP contribution in [0.1, 0.15) is 22.2 Å². The summed E-state index contributed by atoms with van der Waals surface area (Å²) in [7, 11) is -3.34. The van der Waals surface area contributed by atoms with Crippen LogP contribution >= 0.6 is 22.9 Å². The summed E-state index contributed by atoms with van der Waals surface area (Å²) >= 11 is 7.30. The number of sulfonamides is 1. The van der Waals surface area contributed by atoms with Gasteiger partial charge in [0.05, 0.1) is 16.3 Å². The molecule has 8 heteroatoms. The molecule has 0 aliphatic heterocycles. The lowest BCUT2D eigenvalue weighted by molar-refractivity contribution is 0.103. The van der Waals surface area contributed by atoms with Gasteiger partial charge in [-0.2, -0.15) is 0 Å². The Morgan fingerprint density at radius 3 is 2.43 bits per heavy atom. The molecule has 0 aliphatic rings. The van der Waals surface area contributed by atoms with Gasteiger partial charge in [0.25, 0.3) is 5.91 Å². The number of nitrogens with one attached hydrogen (secondary N) is 2. The van der Waals surface area contributed by atoms with Crippen LogP contribution in [-0.2, 0) is 10.0 Å². The summed E-state index contributed by atoms with van der Waals surface area (Å²) in [5, 5.41) is 3.52. The lowest BCUT2D eigenvalue weighted by Crippen LogP contribution is -2.15. The smallest absolute Gasteiger partial charge is 0.265 e. The van der Waals surface area contributed by atoms with Gasteiger partial charge in [0.2, 0.25) is 10.0 Å². The van der Waals surface area contributed by atoms with E-state index >= 15 is 0 Å². The second-order valence-electron chi connectivity index (χ2n) is 6.16. The summed E-state index contributed by atoms with van der Waals surface area (Å²) in [6.07, 6.45) is 0. The van der Waals surface area contributed by atoms with E-state index in [0.29, 0.717) is 21.3 Å². The predicted octanol–water partition coefficient (Wildman–Crippen LogP) is 5.39. The van der Waals surface area contributed by atoms with Crippen LogP contribution in [0.3, 0.4) is 0 Å². The largest absolute Gasteiger partial charge is 0.321 e. The van der Waals surface area contributed by atoms with Gasteiger partial charge < -0.3 is 5.32 Å². The Labute approximate surface area is 173 Å². The molecular formula is C20H19ClN2O3S2. The van der Waals surface area contributed by atoms with Gasteiger partial charge in [0, 0.05) is 15.6 Å². The highest BCUT2D eigenvalue weighted by atomic mass is 35.5. The summed E-state index contributed by atoms with van der Waals surface area (Å²) in [6.45, 7) is 3.36. The monoisotopic (exact) mass is 434 g/mol. The molecule has 1 heterocycles. The Balaban J connectivity index is 1.73. The average Bonchev–Trinajstić information content (AvgIpc) is 3.15. The highest BCUT2D eigenvalue weighted by molar-refractivity contribution is 7.92. The van der Waals surface area contributed by atoms with Gasteiger partial charge in [-0.25, -0.2) is 8.42 Å². The van der Waals surface area contributed by atoms with Crippen LogP contribution in [0.5, 0.6) is 0 Å². The SMILES string of the molecule is CCS(=O)(=O)Nc1ccc(NC(=O)c2ccc(-c3ccc(Cl)cc3)s2)cc1C. The molecule has 0 spiro atoms. The highest BCUT2D eigenvalue weighted by Crippen LogP contribution is 2.30. The molecular weight excluding hydrogens is 416 g/mol. The molecule has 2 N–H and O–H groups in total. The molecule has 3 aromatic rings. The number of thiophene rings is 1. The number of hydrogen-bond acceptors (Lipinski definition) is 4. The summed E-state index contributed by atoms with van der Waals surface area (Å²) in [4.78, 5) is 14.1. The normalized spacial score (nSPS) is 11.2. The van der Waals surface area contributed by atoms with E-state index in [2.05, 4.69) is 10.0 Å². The molecule has 2 aromatic carbocycles. The predicted molar refractivity (Wildman–Crippen MR) is 117 cm³/mol. The Bertz CT molecular complexity index is 1110. The minimum absolute atomic E-state index is 0.000736. The third kappa shape index (κ3) is 4.92. The number of aryl methyl sites for hydroxylation is 1. The summed E-state index contributed by atoms with van der Waals surface area (Å²) in [5.74, 6) is -0.217. The fourth-order valence-corrected chi connectivity index (χ4v) is 4.26. The van der Waals surface area contributed by atoms with Crippen molar-refractivity contribution in [3.63, 3.8) is 0 Å². The number of anilines is 2. The number of carbonyl (C=O) groups excluding carboxylic acids is 1. The van der Waals surface area contributed by atoms with Gasteiger partial charge in [-0.1, -0.05) is 23.7 Å². The first kappa shape index (κ1) is 20.4. The van der Waals surface area contributed by atoms with Crippen molar-refractivity contribution in [1.82, 2.24) is 0 Å². The number of benzene rings is 2. The molecule has 0 saturated heterocycles. The maximum Gasteiger partial charge on any atom is 0.265 e. The van der Waals surface area contributed by atoms with E-state index in [9.17, 15) is 13.2 Å². The zero-order valence-electron chi connectivity index (χ0n) is 15.3. The summed E-state index contributed by atoms with van der Waals surface area (Å²) in [5.41, 5.74) is 2.82. The first-order valence-electron chi connectivity index (χ1n) is 8.55. The molecule has 0 atom stereocenters. The lowest BCUT2D eigenvalue weighted by Gasteiger charge is -2.11. The van der Waals surface area contributed by atoms with Crippen molar-refractivity contribution in [2.75, 3.05) is 15.8 Å². The first-order valence-corrected chi connectivity index (χ1v) is 11.4. The van der Waals surface area contributed by atoms with Crippen LogP contribution in [0.4, 0.5) is 11.4 Å². The third-order valence-electron chi connectivity index (χ3n) is 4.09. The molecule has 0 aliphatic carbocycles. The molecule has 0 radical (unpaired) electrons. The molecule has 0 bridgehead atoms. The highest BCUT2D eigenvalue weighted by Gasteiger charge is 2.13. The molecule has 0 unspecified atom stereocenters. The average molecular weight is 435 g/mol. The number of carbonyl (C=O) groups is 1. The Morgan fingerprint density at radius 1 is 1.07 bits per heavy atom. The van der Waals surface area contributed by atoms with Crippen LogP contribution in [0.25, 0.3) is 10.4 Å². The zero-order valence-corrected chi connectivity index (χ0v) is 17.7. The Kier molecular flexibility index (Phi) is 6.07. The van der Waals surface area contributed by atoms with Gasteiger partial charge >= 0.3 is 0 Å². The van der Waals surface area contributed by atoms with Crippen molar-refractivity contribution in [1.29, 1.82) is 0 Å². The minimum atomic E-state index is -3.34. The van der Waals surface area contributed by atoms with Crippen LogP contribution < -0.4 is 10.0 Å². The second-order valence-corrected chi connectivity index (χ2v) is 9.69. The number of amides is 1. The summed E-state index contributed by atoms with van der Waals surface area (Å²) in [6, 6.07) is 16.2. The van der Waals surface area contributed by atoms with E-state index in [1.807, 2.05) is 30.3 Å². The number of hydrogen-bond donors (Lipinski definition) is 2. The molecule has 0 fully saturated rings. The Hall–Kier alpha value is -2.35. The van der Waals surface area contributed by atoms with E-state index in [4.69, 9.17) is 11.6 Å². The fourth-order valence-electron chi connectivity index (χ4n) is 2.52. The molecule has 1 aromatic heterocycles. The molecule has 5 nitrogen and oxygen atoms in total. The number of rotatable bonds is 6. The van der Waals surface area contributed by atoms with Crippen molar-refractivity contribution >= 4 is 50.2 Å². The second kappa shape index (κ2) is 8.34. The van der Waals surface area contributed by atoms with Gasteiger partial charge in [-0.3, -0.25) is 9.52 Å². The molecule has 1 amide bonds. The fraction of sp³-hybridized carbons (Fsp3) is 0.150. The maximum atomic E-state index is 12.6. The molecule has 28 heavy (non-hydrogen) atoms. The topological polar surface area (TPSA) is 75.3 Å². The Morgan fingerprint density at radius 2 is 1.79 bits per heavy atom.